The Morgan fingerprint density at radius 2 is 2.00 bits per heavy atom. The number of hydrogen-bond acceptors (Lipinski definition) is 4. The number of aliphatic hydroxyl groups excluding tert-OH is 1. The summed E-state index contributed by atoms with van der Waals surface area (Å²) >= 11 is 0. The molecule has 1 amide bonds. The van der Waals surface area contributed by atoms with Gasteiger partial charge >= 0.3 is 0 Å². The quantitative estimate of drug-likeness (QED) is 0.796. The molecule has 1 aliphatic rings. The van der Waals surface area contributed by atoms with Crippen LogP contribution < -0.4 is 11.1 Å². The first-order valence-electron chi connectivity index (χ1n) is 7.28. The number of aliphatic hydroxyl groups is 1. The number of aromatic nitrogens is 2. The van der Waals surface area contributed by atoms with Crippen LogP contribution in [0.2, 0.25) is 0 Å². The van der Waals surface area contributed by atoms with Crippen molar-refractivity contribution in [2.24, 2.45) is 5.73 Å². The Kier molecular flexibility index (Phi) is 3.50. The number of rotatable bonds is 3. The summed E-state index contributed by atoms with van der Waals surface area (Å²) in [5.41, 5.74) is 8.74. The molecular formula is C16H20N4O2. The number of nitrogens with two attached hydrogens (primary N) is 1. The van der Waals surface area contributed by atoms with Crippen LogP contribution in [0.5, 0.6) is 0 Å². The molecule has 0 radical (unpaired) electrons. The van der Waals surface area contributed by atoms with Crippen molar-refractivity contribution in [3.8, 4) is 5.69 Å². The van der Waals surface area contributed by atoms with Crippen molar-refractivity contribution in [2.75, 3.05) is 5.32 Å². The molecule has 0 atom stereocenters. The number of anilines is 1. The zero-order valence-corrected chi connectivity index (χ0v) is 12.7. The van der Waals surface area contributed by atoms with Crippen molar-refractivity contribution in [1.29, 1.82) is 0 Å². The molecule has 116 valence electrons. The van der Waals surface area contributed by atoms with Gasteiger partial charge in [-0.25, -0.2) is 4.98 Å². The third kappa shape index (κ3) is 2.51. The minimum Gasteiger partial charge on any atom is -0.393 e. The number of carbonyl (C=O) groups is 1. The van der Waals surface area contributed by atoms with Crippen molar-refractivity contribution in [2.45, 2.75) is 38.3 Å². The van der Waals surface area contributed by atoms with E-state index in [1.165, 1.54) is 0 Å². The Labute approximate surface area is 129 Å². The zero-order chi connectivity index (χ0) is 15.9. The normalized spacial score (nSPS) is 23.9. The molecular weight excluding hydrogens is 280 g/mol. The third-order valence-electron chi connectivity index (χ3n) is 4.31. The number of imidazole rings is 1. The molecule has 2 aromatic rings. The Bertz CT molecular complexity index is 699. The largest absolute Gasteiger partial charge is 0.393 e. The lowest BCUT2D eigenvalue weighted by molar-refractivity contribution is -0.128. The molecule has 22 heavy (non-hydrogen) atoms. The summed E-state index contributed by atoms with van der Waals surface area (Å²) in [6, 6.07) is 7.51. The molecule has 0 aliphatic heterocycles. The monoisotopic (exact) mass is 300 g/mol. The SMILES string of the molecule is Cc1ncn(-c2ccc(NC(=O)C3(N)CC(O)C3)cc2)c1C. The Morgan fingerprint density at radius 3 is 2.50 bits per heavy atom. The molecule has 0 saturated heterocycles. The van der Waals surface area contributed by atoms with Crippen LogP contribution >= 0.6 is 0 Å². The number of amides is 1. The van der Waals surface area contributed by atoms with Crippen LogP contribution in [0.4, 0.5) is 5.69 Å². The molecule has 6 heteroatoms. The summed E-state index contributed by atoms with van der Waals surface area (Å²) in [5, 5.41) is 12.1. The predicted molar refractivity (Wildman–Crippen MR) is 83.8 cm³/mol. The van der Waals surface area contributed by atoms with Gasteiger partial charge < -0.3 is 20.7 Å². The summed E-state index contributed by atoms with van der Waals surface area (Å²) in [4.78, 5) is 16.4. The number of aryl methyl sites for hydroxylation is 1. The van der Waals surface area contributed by atoms with Crippen LogP contribution in [-0.2, 0) is 4.79 Å². The summed E-state index contributed by atoms with van der Waals surface area (Å²) in [7, 11) is 0. The molecule has 6 nitrogen and oxygen atoms in total. The number of hydrogen-bond donors (Lipinski definition) is 3. The summed E-state index contributed by atoms with van der Waals surface area (Å²) in [6.45, 7) is 3.98. The van der Waals surface area contributed by atoms with Crippen molar-refractivity contribution in [3.05, 3.63) is 42.0 Å². The van der Waals surface area contributed by atoms with Crippen LogP contribution in [0.15, 0.2) is 30.6 Å². The maximum Gasteiger partial charge on any atom is 0.244 e. The smallest absolute Gasteiger partial charge is 0.244 e. The molecule has 1 aliphatic carbocycles. The van der Waals surface area contributed by atoms with Gasteiger partial charge in [0.05, 0.1) is 18.1 Å². The number of benzene rings is 1. The maximum atomic E-state index is 12.1. The van der Waals surface area contributed by atoms with Crippen molar-refractivity contribution < 1.29 is 9.90 Å². The van der Waals surface area contributed by atoms with Gasteiger partial charge in [-0.3, -0.25) is 4.79 Å². The highest BCUT2D eigenvalue weighted by atomic mass is 16.3. The average molecular weight is 300 g/mol. The van der Waals surface area contributed by atoms with Crippen LogP contribution in [0, 0.1) is 13.8 Å². The molecule has 0 bridgehead atoms. The maximum absolute atomic E-state index is 12.1. The average Bonchev–Trinajstić information content (AvgIpc) is 2.78. The van der Waals surface area contributed by atoms with Crippen LogP contribution in [-0.4, -0.2) is 32.2 Å². The van der Waals surface area contributed by atoms with Gasteiger partial charge in [-0.1, -0.05) is 0 Å². The molecule has 0 spiro atoms. The summed E-state index contributed by atoms with van der Waals surface area (Å²) in [5.74, 6) is -0.250. The number of nitrogens with one attached hydrogen (secondary N) is 1. The highest BCUT2D eigenvalue weighted by Gasteiger charge is 2.46. The highest BCUT2D eigenvalue weighted by molar-refractivity contribution is 5.98. The predicted octanol–water partition coefficient (Wildman–Crippen LogP) is 1.28. The molecule has 1 saturated carbocycles. The number of carbonyl (C=O) groups excluding carboxylic acids is 1. The minimum atomic E-state index is -0.948. The van der Waals surface area contributed by atoms with Gasteiger partial charge in [0, 0.05) is 29.9 Å². The molecule has 1 aromatic carbocycles. The van der Waals surface area contributed by atoms with Crippen LogP contribution in [0.1, 0.15) is 24.2 Å². The Hall–Kier alpha value is -2.18. The van der Waals surface area contributed by atoms with Gasteiger partial charge in [0.15, 0.2) is 0 Å². The third-order valence-corrected chi connectivity index (χ3v) is 4.31. The van der Waals surface area contributed by atoms with Crippen molar-refractivity contribution in [1.82, 2.24) is 9.55 Å². The number of nitrogens with zero attached hydrogens (tertiary/aromatic N) is 2. The van der Waals surface area contributed by atoms with E-state index in [1.807, 2.05) is 42.7 Å². The van der Waals surface area contributed by atoms with Gasteiger partial charge in [-0.15, -0.1) is 0 Å². The van der Waals surface area contributed by atoms with E-state index in [9.17, 15) is 9.90 Å². The fourth-order valence-electron chi connectivity index (χ4n) is 2.69. The van der Waals surface area contributed by atoms with Gasteiger partial charge in [0.1, 0.15) is 5.54 Å². The molecule has 3 rings (SSSR count). The minimum absolute atomic E-state index is 0.250. The van der Waals surface area contributed by atoms with E-state index in [4.69, 9.17) is 5.73 Å². The lowest BCUT2D eigenvalue weighted by Crippen LogP contribution is -2.62. The van der Waals surface area contributed by atoms with E-state index in [2.05, 4.69) is 10.3 Å². The highest BCUT2D eigenvalue weighted by Crippen LogP contribution is 2.31. The summed E-state index contributed by atoms with van der Waals surface area (Å²) < 4.78 is 1.99. The molecule has 0 unspecified atom stereocenters. The van der Waals surface area contributed by atoms with Gasteiger partial charge in [0.25, 0.3) is 0 Å². The first-order valence-corrected chi connectivity index (χ1v) is 7.28. The second-order valence-corrected chi connectivity index (χ2v) is 6.00. The zero-order valence-electron chi connectivity index (χ0n) is 12.7. The Balaban J connectivity index is 1.72. The first-order chi connectivity index (χ1) is 10.4. The molecule has 4 N–H and O–H groups in total. The topological polar surface area (TPSA) is 93.2 Å². The fourth-order valence-corrected chi connectivity index (χ4v) is 2.69. The standard InChI is InChI=1S/C16H20N4O2/c1-10-11(2)20(9-18-10)13-5-3-12(4-6-13)19-15(22)16(17)7-14(21)8-16/h3-6,9,14,21H,7-8,17H2,1-2H3,(H,19,22). The van der Waals surface area contributed by atoms with Gasteiger partial charge in [-0.05, 0) is 38.1 Å². The van der Waals surface area contributed by atoms with Gasteiger partial charge in [-0.2, -0.15) is 0 Å². The first kappa shape index (κ1) is 14.7. The lowest BCUT2D eigenvalue weighted by atomic mass is 9.74. The molecule has 1 aromatic heterocycles. The van der Waals surface area contributed by atoms with E-state index < -0.39 is 11.6 Å². The van der Waals surface area contributed by atoms with Crippen molar-refractivity contribution >= 4 is 11.6 Å². The van der Waals surface area contributed by atoms with Gasteiger partial charge in [0.2, 0.25) is 5.91 Å². The van der Waals surface area contributed by atoms with Crippen LogP contribution in [0.3, 0.4) is 0 Å². The Morgan fingerprint density at radius 1 is 1.36 bits per heavy atom. The summed E-state index contributed by atoms with van der Waals surface area (Å²) in [6.07, 6.45) is 1.93. The lowest BCUT2D eigenvalue weighted by Gasteiger charge is -2.40. The van der Waals surface area contributed by atoms with E-state index in [-0.39, 0.29) is 5.91 Å². The van der Waals surface area contributed by atoms with E-state index in [0.717, 1.165) is 17.1 Å². The molecule has 1 heterocycles. The van der Waals surface area contributed by atoms with E-state index >= 15 is 0 Å². The molecule has 1 fully saturated rings. The second kappa shape index (κ2) is 5.23. The van der Waals surface area contributed by atoms with E-state index in [0.29, 0.717) is 18.5 Å². The van der Waals surface area contributed by atoms with Crippen molar-refractivity contribution in [3.63, 3.8) is 0 Å². The second-order valence-electron chi connectivity index (χ2n) is 6.00. The fraction of sp³-hybridized carbons (Fsp3) is 0.375. The van der Waals surface area contributed by atoms with Crippen LogP contribution in [0.25, 0.3) is 5.69 Å². The van der Waals surface area contributed by atoms with E-state index in [1.54, 1.807) is 6.33 Å².